The van der Waals surface area contributed by atoms with Gasteiger partial charge < -0.3 is 5.32 Å². The summed E-state index contributed by atoms with van der Waals surface area (Å²) in [7, 11) is 0. The molecular formula is C16H21ClN2. The van der Waals surface area contributed by atoms with Crippen LogP contribution in [0.3, 0.4) is 0 Å². The summed E-state index contributed by atoms with van der Waals surface area (Å²) < 4.78 is 0. The van der Waals surface area contributed by atoms with Gasteiger partial charge in [0, 0.05) is 17.0 Å². The Morgan fingerprint density at radius 3 is 2.63 bits per heavy atom. The van der Waals surface area contributed by atoms with Gasteiger partial charge >= 0.3 is 0 Å². The number of nitrogens with zero attached hydrogens (tertiary/aromatic N) is 1. The van der Waals surface area contributed by atoms with E-state index in [1.807, 2.05) is 12.1 Å². The maximum atomic E-state index is 6.13. The molecule has 0 spiro atoms. The van der Waals surface area contributed by atoms with Crippen molar-refractivity contribution in [1.29, 1.82) is 0 Å². The van der Waals surface area contributed by atoms with Crippen molar-refractivity contribution < 1.29 is 0 Å². The molecule has 0 saturated carbocycles. The fraction of sp³-hybridized carbons (Fsp3) is 0.438. The molecule has 3 heteroatoms. The number of aromatic nitrogens is 1. The van der Waals surface area contributed by atoms with Crippen molar-refractivity contribution >= 4 is 28.3 Å². The summed E-state index contributed by atoms with van der Waals surface area (Å²) in [6, 6.07) is 6.20. The molecule has 0 radical (unpaired) electrons. The Bertz CT molecular complexity index is 578. The lowest BCUT2D eigenvalue weighted by Gasteiger charge is -2.13. The molecule has 0 aliphatic rings. The molecule has 2 nitrogen and oxygen atoms in total. The van der Waals surface area contributed by atoms with Crippen LogP contribution in [-0.2, 0) is 6.42 Å². The van der Waals surface area contributed by atoms with E-state index in [0.29, 0.717) is 0 Å². The molecule has 1 aromatic heterocycles. The van der Waals surface area contributed by atoms with Crippen LogP contribution in [-0.4, -0.2) is 11.5 Å². The molecule has 0 aliphatic carbocycles. The molecule has 0 amide bonds. The molecule has 2 aromatic rings. The van der Waals surface area contributed by atoms with Gasteiger partial charge in [-0.05, 0) is 49.1 Å². The standard InChI is InChI=1S/C16H21ClN2/c1-4-6-12-9-13-10-14(17)8-11(3)15(13)19-16(12)18-7-5-2/h8-10H,4-7H2,1-3H3,(H,18,19). The summed E-state index contributed by atoms with van der Waals surface area (Å²) in [4.78, 5) is 4.80. The van der Waals surface area contributed by atoms with Gasteiger partial charge in [-0.25, -0.2) is 4.98 Å². The van der Waals surface area contributed by atoms with Crippen LogP contribution >= 0.6 is 11.6 Å². The van der Waals surface area contributed by atoms with Crippen molar-refractivity contribution in [1.82, 2.24) is 4.98 Å². The summed E-state index contributed by atoms with van der Waals surface area (Å²) in [5, 5.41) is 5.35. The summed E-state index contributed by atoms with van der Waals surface area (Å²) >= 11 is 6.13. The summed E-state index contributed by atoms with van der Waals surface area (Å²) in [5.41, 5.74) is 3.46. The van der Waals surface area contributed by atoms with Gasteiger partial charge in [0.25, 0.3) is 0 Å². The van der Waals surface area contributed by atoms with Gasteiger partial charge in [-0.3, -0.25) is 0 Å². The van der Waals surface area contributed by atoms with Crippen LogP contribution in [0.15, 0.2) is 18.2 Å². The SMILES string of the molecule is CCCNc1nc2c(C)cc(Cl)cc2cc1CCC. The van der Waals surface area contributed by atoms with E-state index in [1.54, 1.807) is 0 Å². The van der Waals surface area contributed by atoms with Gasteiger partial charge in [0.1, 0.15) is 5.82 Å². The van der Waals surface area contributed by atoms with Gasteiger partial charge in [-0.15, -0.1) is 0 Å². The third-order valence-corrected chi connectivity index (χ3v) is 3.43. The highest BCUT2D eigenvalue weighted by Crippen LogP contribution is 2.27. The van der Waals surface area contributed by atoms with E-state index in [1.165, 1.54) is 5.56 Å². The molecule has 2 rings (SSSR count). The molecule has 0 bridgehead atoms. The monoisotopic (exact) mass is 276 g/mol. The zero-order valence-corrected chi connectivity index (χ0v) is 12.6. The van der Waals surface area contributed by atoms with E-state index in [9.17, 15) is 0 Å². The van der Waals surface area contributed by atoms with Crippen molar-refractivity contribution in [2.75, 3.05) is 11.9 Å². The minimum atomic E-state index is 0.781. The van der Waals surface area contributed by atoms with Crippen molar-refractivity contribution in [3.05, 3.63) is 34.3 Å². The molecule has 0 atom stereocenters. The van der Waals surface area contributed by atoms with Gasteiger partial charge in [0.2, 0.25) is 0 Å². The number of halogens is 1. The van der Waals surface area contributed by atoms with Crippen LogP contribution < -0.4 is 5.32 Å². The molecule has 102 valence electrons. The number of nitrogens with one attached hydrogen (secondary N) is 1. The highest BCUT2D eigenvalue weighted by atomic mass is 35.5. The Balaban J connectivity index is 2.55. The van der Waals surface area contributed by atoms with Gasteiger partial charge in [0.05, 0.1) is 5.52 Å². The molecule has 0 fully saturated rings. The Morgan fingerprint density at radius 1 is 1.16 bits per heavy atom. The highest BCUT2D eigenvalue weighted by molar-refractivity contribution is 6.31. The summed E-state index contributed by atoms with van der Waals surface area (Å²) in [6.07, 6.45) is 3.26. The maximum absolute atomic E-state index is 6.13. The van der Waals surface area contributed by atoms with Crippen molar-refractivity contribution in [2.45, 2.75) is 40.0 Å². The predicted octanol–water partition coefficient (Wildman–Crippen LogP) is 4.97. The molecule has 1 N–H and O–H groups in total. The average molecular weight is 277 g/mol. The van der Waals surface area contributed by atoms with Gasteiger partial charge in [-0.1, -0.05) is 31.9 Å². The molecule has 0 saturated heterocycles. The number of pyridine rings is 1. The van der Waals surface area contributed by atoms with Crippen LogP contribution in [0.2, 0.25) is 5.02 Å². The van der Waals surface area contributed by atoms with Crippen molar-refractivity contribution in [3.8, 4) is 0 Å². The van der Waals surface area contributed by atoms with E-state index >= 15 is 0 Å². The molecule has 1 aromatic carbocycles. The smallest absolute Gasteiger partial charge is 0.129 e. The summed E-state index contributed by atoms with van der Waals surface area (Å²) in [6.45, 7) is 7.38. The van der Waals surface area contributed by atoms with E-state index in [0.717, 1.165) is 53.1 Å². The molecule has 0 unspecified atom stereocenters. The quantitative estimate of drug-likeness (QED) is 0.834. The Morgan fingerprint density at radius 2 is 1.95 bits per heavy atom. The van der Waals surface area contributed by atoms with Crippen LogP contribution in [0, 0.1) is 6.92 Å². The van der Waals surface area contributed by atoms with Crippen molar-refractivity contribution in [2.24, 2.45) is 0 Å². The second-order valence-corrected chi connectivity index (χ2v) is 5.40. The first kappa shape index (κ1) is 14.1. The van der Waals surface area contributed by atoms with Crippen LogP contribution in [0.4, 0.5) is 5.82 Å². The lowest BCUT2D eigenvalue weighted by Crippen LogP contribution is -2.06. The van der Waals surface area contributed by atoms with E-state index in [-0.39, 0.29) is 0 Å². The first-order valence-electron chi connectivity index (χ1n) is 6.99. The molecular weight excluding hydrogens is 256 g/mol. The predicted molar refractivity (Wildman–Crippen MR) is 84.3 cm³/mol. The number of hydrogen-bond acceptors (Lipinski definition) is 2. The summed E-state index contributed by atoms with van der Waals surface area (Å²) in [5.74, 6) is 1.03. The average Bonchev–Trinajstić information content (AvgIpc) is 2.37. The third kappa shape index (κ3) is 3.19. The van der Waals surface area contributed by atoms with E-state index < -0.39 is 0 Å². The Hall–Kier alpha value is -1.28. The zero-order chi connectivity index (χ0) is 13.8. The number of fused-ring (bicyclic) bond motifs is 1. The van der Waals surface area contributed by atoms with Gasteiger partial charge in [-0.2, -0.15) is 0 Å². The molecule has 1 heterocycles. The number of rotatable bonds is 5. The Kier molecular flexibility index (Phi) is 4.65. The van der Waals surface area contributed by atoms with Gasteiger partial charge in [0.15, 0.2) is 0 Å². The lowest BCUT2D eigenvalue weighted by molar-refractivity contribution is 0.906. The highest BCUT2D eigenvalue weighted by Gasteiger charge is 2.08. The normalized spacial score (nSPS) is 10.9. The zero-order valence-electron chi connectivity index (χ0n) is 11.9. The first-order valence-corrected chi connectivity index (χ1v) is 7.37. The largest absolute Gasteiger partial charge is 0.370 e. The van der Waals surface area contributed by atoms with Crippen LogP contribution in [0.1, 0.15) is 37.8 Å². The van der Waals surface area contributed by atoms with Crippen LogP contribution in [0.5, 0.6) is 0 Å². The van der Waals surface area contributed by atoms with Crippen molar-refractivity contribution in [3.63, 3.8) is 0 Å². The minimum absolute atomic E-state index is 0.781. The number of hydrogen-bond donors (Lipinski definition) is 1. The third-order valence-electron chi connectivity index (χ3n) is 3.21. The first-order chi connectivity index (χ1) is 9.15. The minimum Gasteiger partial charge on any atom is -0.370 e. The maximum Gasteiger partial charge on any atom is 0.129 e. The fourth-order valence-corrected chi connectivity index (χ4v) is 2.60. The number of anilines is 1. The topological polar surface area (TPSA) is 24.9 Å². The van der Waals surface area contributed by atoms with E-state index in [2.05, 4.69) is 32.2 Å². The lowest BCUT2D eigenvalue weighted by atomic mass is 10.1. The van der Waals surface area contributed by atoms with Crippen LogP contribution in [0.25, 0.3) is 10.9 Å². The Labute approximate surface area is 120 Å². The van der Waals surface area contributed by atoms with E-state index in [4.69, 9.17) is 16.6 Å². The fourth-order valence-electron chi connectivity index (χ4n) is 2.32. The number of aryl methyl sites for hydroxylation is 2. The second kappa shape index (κ2) is 6.25. The molecule has 0 aliphatic heterocycles. The number of benzene rings is 1. The second-order valence-electron chi connectivity index (χ2n) is 4.97. The molecule has 19 heavy (non-hydrogen) atoms.